The van der Waals surface area contributed by atoms with E-state index in [-0.39, 0.29) is 0 Å². The number of aromatic nitrogens is 4. The molecule has 2 heterocycles. The third kappa shape index (κ3) is 4.17. The Morgan fingerprint density at radius 3 is 2.52 bits per heavy atom. The van der Waals surface area contributed by atoms with Crippen LogP contribution >= 0.6 is 11.6 Å². The summed E-state index contributed by atoms with van der Waals surface area (Å²) in [5, 5.41) is 15.3. The number of ether oxygens (including phenoxy) is 2. The molecule has 0 amide bonds. The topological polar surface area (TPSA) is 97.0 Å². The van der Waals surface area contributed by atoms with Gasteiger partial charge in [-0.05, 0) is 35.9 Å². The van der Waals surface area contributed by atoms with Gasteiger partial charge in [-0.15, -0.1) is 0 Å². The minimum Gasteiger partial charge on any atom is -0.497 e. The number of hydrogen-bond acceptors (Lipinski definition) is 7. The number of nitrogens with zero attached hydrogens (tertiary/aromatic N) is 3. The Kier molecular flexibility index (Phi) is 5.35. The van der Waals surface area contributed by atoms with Gasteiger partial charge in [0.25, 0.3) is 0 Å². The minimum absolute atomic E-state index is 0.513. The lowest BCUT2D eigenvalue weighted by atomic mass is 10.2. The SMILES string of the molecule is COc1cc(CNc2n[nH]c3ncnc(Nc4cccc(Cl)c4)c23)cc(OC)c1. The maximum atomic E-state index is 6.08. The molecule has 0 unspecified atom stereocenters. The van der Waals surface area contributed by atoms with Gasteiger partial charge in [-0.25, -0.2) is 9.97 Å². The van der Waals surface area contributed by atoms with Crippen molar-refractivity contribution in [1.82, 2.24) is 20.2 Å². The van der Waals surface area contributed by atoms with E-state index in [0.29, 0.717) is 28.9 Å². The second-order valence-corrected chi connectivity index (χ2v) is 6.66. The van der Waals surface area contributed by atoms with E-state index in [1.54, 1.807) is 14.2 Å². The normalized spacial score (nSPS) is 10.7. The Labute approximate surface area is 172 Å². The molecule has 0 radical (unpaired) electrons. The molecule has 2 aromatic heterocycles. The van der Waals surface area contributed by atoms with Gasteiger partial charge in [0.15, 0.2) is 11.5 Å². The fraction of sp³-hybridized carbons (Fsp3) is 0.150. The number of halogens is 1. The van der Waals surface area contributed by atoms with Crippen molar-refractivity contribution in [3.8, 4) is 11.5 Å². The van der Waals surface area contributed by atoms with Crippen LogP contribution < -0.4 is 20.1 Å². The molecule has 4 aromatic rings. The van der Waals surface area contributed by atoms with Gasteiger partial charge in [0.2, 0.25) is 0 Å². The lowest BCUT2D eigenvalue weighted by molar-refractivity contribution is 0.393. The van der Waals surface area contributed by atoms with Crippen molar-refractivity contribution >= 4 is 40.0 Å². The second kappa shape index (κ2) is 8.24. The van der Waals surface area contributed by atoms with E-state index in [1.807, 2.05) is 42.5 Å². The van der Waals surface area contributed by atoms with Crippen LogP contribution in [0.15, 0.2) is 48.8 Å². The molecule has 4 rings (SSSR count). The van der Waals surface area contributed by atoms with Crippen molar-refractivity contribution in [2.75, 3.05) is 24.9 Å². The minimum atomic E-state index is 0.513. The summed E-state index contributed by atoms with van der Waals surface area (Å²) in [6, 6.07) is 13.1. The zero-order valence-corrected chi connectivity index (χ0v) is 16.6. The summed E-state index contributed by atoms with van der Waals surface area (Å²) in [6.45, 7) is 0.513. The summed E-state index contributed by atoms with van der Waals surface area (Å²) in [6.07, 6.45) is 1.48. The Balaban J connectivity index is 1.62. The zero-order valence-electron chi connectivity index (χ0n) is 15.9. The first kappa shape index (κ1) is 18.8. The van der Waals surface area contributed by atoms with Crippen LogP contribution in [-0.2, 0) is 6.54 Å². The molecular formula is C20H19ClN6O2. The van der Waals surface area contributed by atoms with Crippen molar-refractivity contribution in [2.45, 2.75) is 6.54 Å². The predicted octanol–water partition coefficient (Wildman–Crippen LogP) is 4.38. The molecule has 0 fully saturated rings. The van der Waals surface area contributed by atoms with E-state index >= 15 is 0 Å². The molecule has 9 heteroatoms. The van der Waals surface area contributed by atoms with E-state index in [2.05, 4.69) is 30.8 Å². The highest BCUT2D eigenvalue weighted by Crippen LogP contribution is 2.29. The smallest absolute Gasteiger partial charge is 0.162 e. The van der Waals surface area contributed by atoms with Gasteiger partial charge in [-0.2, -0.15) is 5.10 Å². The molecule has 2 aromatic carbocycles. The quantitative estimate of drug-likeness (QED) is 0.416. The molecule has 0 bridgehead atoms. The number of H-pyrrole nitrogens is 1. The summed E-state index contributed by atoms with van der Waals surface area (Å²) >= 11 is 6.08. The van der Waals surface area contributed by atoms with Crippen LogP contribution in [0.1, 0.15) is 5.56 Å². The Morgan fingerprint density at radius 1 is 1.00 bits per heavy atom. The van der Waals surface area contributed by atoms with Crippen LogP contribution in [0.5, 0.6) is 11.5 Å². The molecule has 0 spiro atoms. The maximum absolute atomic E-state index is 6.08. The molecule has 148 valence electrons. The van der Waals surface area contributed by atoms with E-state index in [4.69, 9.17) is 21.1 Å². The zero-order chi connectivity index (χ0) is 20.2. The van der Waals surface area contributed by atoms with Crippen LogP contribution in [0.25, 0.3) is 11.0 Å². The Bertz CT molecular complexity index is 1120. The van der Waals surface area contributed by atoms with E-state index in [9.17, 15) is 0 Å². The molecule has 29 heavy (non-hydrogen) atoms. The summed E-state index contributed by atoms with van der Waals surface area (Å²) in [7, 11) is 3.25. The third-order valence-corrected chi connectivity index (χ3v) is 4.55. The molecule has 0 saturated heterocycles. The predicted molar refractivity (Wildman–Crippen MR) is 113 cm³/mol. The highest BCUT2D eigenvalue weighted by atomic mass is 35.5. The van der Waals surface area contributed by atoms with E-state index < -0.39 is 0 Å². The number of methoxy groups -OCH3 is 2. The van der Waals surface area contributed by atoms with E-state index in [0.717, 1.165) is 28.1 Å². The third-order valence-electron chi connectivity index (χ3n) is 4.32. The monoisotopic (exact) mass is 410 g/mol. The number of fused-ring (bicyclic) bond motifs is 1. The van der Waals surface area contributed by atoms with Gasteiger partial charge in [0, 0.05) is 23.3 Å². The van der Waals surface area contributed by atoms with Crippen molar-refractivity contribution in [3.63, 3.8) is 0 Å². The van der Waals surface area contributed by atoms with Crippen LogP contribution in [0.3, 0.4) is 0 Å². The summed E-state index contributed by atoms with van der Waals surface area (Å²) in [5.74, 6) is 2.70. The van der Waals surface area contributed by atoms with Crippen molar-refractivity contribution < 1.29 is 9.47 Å². The molecule has 0 aliphatic heterocycles. The van der Waals surface area contributed by atoms with Gasteiger partial charge in [-0.3, -0.25) is 5.10 Å². The first-order valence-corrected chi connectivity index (χ1v) is 9.21. The van der Waals surface area contributed by atoms with Gasteiger partial charge in [0.05, 0.1) is 14.2 Å². The lowest BCUT2D eigenvalue weighted by Crippen LogP contribution is -2.02. The second-order valence-electron chi connectivity index (χ2n) is 6.23. The summed E-state index contributed by atoms with van der Waals surface area (Å²) < 4.78 is 10.7. The largest absolute Gasteiger partial charge is 0.497 e. The van der Waals surface area contributed by atoms with Crippen molar-refractivity contribution in [1.29, 1.82) is 0 Å². The van der Waals surface area contributed by atoms with E-state index in [1.165, 1.54) is 6.33 Å². The summed E-state index contributed by atoms with van der Waals surface area (Å²) in [4.78, 5) is 8.63. The first-order chi connectivity index (χ1) is 14.2. The van der Waals surface area contributed by atoms with Gasteiger partial charge in [0.1, 0.15) is 29.0 Å². The van der Waals surface area contributed by atoms with Gasteiger partial charge in [-0.1, -0.05) is 17.7 Å². The fourth-order valence-electron chi connectivity index (χ4n) is 2.94. The molecule has 0 aliphatic rings. The number of rotatable bonds is 7. The maximum Gasteiger partial charge on any atom is 0.162 e. The van der Waals surface area contributed by atoms with Crippen LogP contribution in [0, 0.1) is 0 Å². The summed E-state index contributed by atoms with van der Waals surface area (Å²) in [5.41, 5.74) is 2.43. The standard InChI is InChI=1S/C20H19ClN6O2/c1-28-15-6-12(7-16(9-15)29-2)10-22-19-17-18(23-11-24-20(17)27-26-19)25-14-5-3-4-13(21)8-14/h3-9,11H,10H2,1-2H3,(H3,22,23,24,25,26,27). The molecular weight excluding hydrogens is 392 g/mol. The van der Waals surface area contributed by atoms with Crippen LogP contribution in [-0.4, -0.2) is 34.4 Å². The number of anilines is 3. The molecule has 3 N–H and O–H groups in total. The number of nitrogens with one attached hydrogen (secondary N) is 3. The average molecular weight is 411 g/mol. The Hall–Kier alpha value is -3.52. The van der Waals surface area contributed by atoms with Gasteiger partial charge < -0.3 is 20.1 Å². The molecule has 8 nitrogen and oxygen atoms in total. The molecule has 0 aliphatic carbocycles. The highest BCUT2D eigenvalue weighted by Gasteiger charge is 2.13. The Morgan fingerprint density at radius 2 is 1.79 bits per heavy atom. The highest BCUT2D eigenvalue weighted by molar-refractivity contribution is 6.30. The van der Waals surface area contributed by atoms with Crippen molar-refractivity contribution in [2.24, 2.45) is 0 Å². The average Bonchev–Trinajstić information content (AvgIpc) is 3.16. The van der Waals surface area contributed by atoms with Crippen LogP contribution in [0.4, 0.5) is 17.3 Å². The van der Waals surface area contributed by atoms with Gasteiger partial charge >= 0.3 is 0 Å². The molecule has 0 saturated carbocycles. The number of hydrogen-bond donors (Lipinski definition) is 3. The number of aromatic amines is 1. The van der Waals surface area contributed by atoms with Crippen LogP contribution in [0.2, 0.25) is 5.02 Å². The number of benzene rings is 2. The molecule has 0 atom stereocenters. The van der Waals surface area contributed by atoms with Crippen molar-refractivity contribution in [3.05, 3.63) is 59.4 Å². The fourth-order valence-corrected chi connectivity index (χ4v) is 3.13. The first-order valence-electron chi connectivity index (χ1n) is 8.84. The lowest BCUT2D eigenvalue weighted by Gasteiger charge is -2.10.